The van der Waals surface area contributed by atoms with Gasteiger partial charge in [-0.3, -0.25) is 9.69 Å². The Hall–Kier alpha value is -1.30. The molecule has 0 saturated carbocycles. The molecule has 0 aliphatic carbocycles. The third-order valence-corrected chi connectivity index (χ3v) is 4.17. The smallest absolute Gasteiger partial charge is 0.410 e. The van der Waals surface area contributed by atoms with Gasteiger partial charge in [0, 0.05) is 19.1 Å². The van der Waals surface area contributed by atoms with Crippen LogP contribution in [-0.4, -0.2) is 64.8 Å². The molecule has 6 nitrogen and oxygen atoms in total. The average molecular weight is 284 g/mol. The molecule has 0 aromatic rings. The average Bonchev–Trinajstić information content (AvgIpc) is 2.64. The number of fused-ring (bicyclic) bond motifs is 1. The van der Waals surface area contributed by atoms with Gasteiger partial charge in [-0.05, 0) is 46.6 Å². The first-order chi connectivity index (χ1) is 9.19. The number of aliphatic carboxylic acids is 1. The van der Waals surface area contributed by atoms with Crippen molar-refractivity contribution in [1.29, 1.82) is 0 Å². The molecule has 3 unspecified atom stereocenters. The summed E-state index contributed by atoms with van der Waals surface area (Å²) in [6, 6.07) is -0.168. The number of nitrogens with zero attached hydrogens (tertiary/aromatic N) is 2. The molecule has 20 heavy (non-hydrogen) atoms. The zero-order valence-electron chi connectivity index (χ0n) is 12.6. The Morgan fingerprint density at radius 2 is 1.95 bits per heavy atom. The second-order valence-electron chi connectivity index (χ2n) is 6.80. The first kappa shape index (κ1) is 15.1. The second kappa shape index (κ2) is 5.24. The standard InChI is InChI=1S/C14H24N2O4/c1-14(2,3)20-13(19)16-6-5-10-9(8-16)7-11(12(17)18)15(10)4/h9-11H,5-8H2,1-4H3,(H,17,18). The summed E-state index contributed by atoms with van der Waals surface area (Å²) in [4.78, 5) is 26.9. The van der Waals surface area contributed by atoms with Gasteiger partial charge in [-0.15, -0.1) is 0 Å². The molecule has 0 spiro atoms. The Morgan fingerprint density at radius 1 is 1.30 bits per heavy atom. The van der Waals surface area contributed by atoms with E-state index < -0.39 is 17.6 Å². The number of carboxylic acids is 1. The number of hydrogen-bond donors (Lipinski definition) is 1. The van der Waals surface area contributed by atoms with Gasteiger partial charge in [0.25, 0.3) is 0 Å². The van der Waals surface area contributed by atoms with E-state index in [4.69, 9.17) is 4.74 Å². The van der Waals surface area contributed by atoms with Gasteiger partial charge >= 0.3 is 12.1 Å². The maximum atomic E-state index is 12.1. The minimum atomic E-state index is -0.772. The molecule has 6 heteroatoms. The molecule has 0 aromatic carbocycles. The van der Waals surface area contributed by atoms with E-state index in [0.717, 1.165) is 6.42 Å². The lowest BCUT2D eigenvalue weighted by Gasteiger charge is -2.37. The van der Waals surface area contributed by atoms with Gasteiger partial charge in [-0.1, -0.05) is 0 Å². The molecule has 0 bridgehead atoms. The van der Waals surface area contributed by atoms with Crippen molar-refractivity contribution >= 4 is 12.1 Å². The van der Waals surface area contributed by atoms with Crippen molar-refractivity contribution < 1.29 is 19.4 Å². The number of ether oxygens (including phenoxy) is 1. The summed E-state index contributed by atoms with van der Waals surface area (Å²) < 4.78 is 5.38. The van der Waals surface area contributed by atoms with Crippen LogP contribution in [0.25, 0.3) is 0 Å². The van der Waals surface area contributed by atoms with Gasteiger partial charge in [0.2, 0.25) is 0 Å². The van der Waals surface area contributed by atoms with Gasteiger partial charge in [-0.25, -0.2) is 4.79 Å². The molecule has 2 aliphatic heterocycles. The molecule has 1 amide bonds. The van der Waals surface area contributed by atoms with Gasteiger partial charge in [0.05, 0.1) is 0 Å². The number of hydrogen-bond acceptors (Lipinski definition) is 4. The van der Waals surface area contributed by atoms with Gasteiger partial charge in [0.15, 0.2) is 0 Å². The summed E-state index contributed by atoms with van der Waals surface area (Å²) in [5.74, 6) is -0.548. The van der Waals surface area contributed by atoms with E-state index >= 15 is 0 Å². The van der Waals surface area contributed by atoms with Crippen LogP contribution < -0.4 is 0 Å². The lowest BCUT2D eigenvalue weighted by Crippen LogP contribution is -2.49. The van der Waals surface area contributed by atoms with Crippen LogP contribution >= 0.6 is 0 Å². The van der Waals surface area contributed by atoms with E-state index in [9.17, 15) is 14.7 Å². The van der Waals surface area contributed by atoms with Crippen molar-refractivity contribution in [2.75, 3.05) is 20.1 Å². The van der Waals surface area contributed by atoms with Crippen LogP contribution in [0.2, 0.25) is 0 Å². The molecule has 0 radical (unpaired) electrons. The summed E-state index contributed by atoms with van der Waals surface area (Å²) in [6.07, 6.45) is 1.12. The highest BCUT2D eigenvalue weighted by molar-refractivity contribution is 5.74. The Bertz CT molecular complexity index is 404. The molecule has 2 fully saturated rings. The van der Waals surface area contributed by atoms with E-state index in [0.29, 0.717) is 19.5 Å². The predicted molar refractivity (Wildman–Crippen MR) is 73.5 cm³/mol. The summed E-state index contributed by atoms with van der Waals surface area (Å²) in [5.41, 5.74) is -0.496. The van der Waals surface area contributed by atoms with Crippen LogP contribution in [0, 0.1) is 5.92 Å². The minimum absolute atomic E-state index is 0.224. The van der Waals surface area contributed by atoms with Crippen molar-refractivity contribution in [3.8, 4) is 0 Å². The fourth-order valence-electron chi connectivity index (χ4n) is 3.24. The number of likely N-dealkylation sites (tertiary alicyclic amines) is 2. The molecular formula is C14H24N2O4. The molecule has 0 aromatic heterocycles. The van der Waals surface area contributed by atoms with Gasteiger partial charge < -0.3 is 14.7 Å². The fourth-order valence-corrected chi connectivity index (χ4v) is 3.24. The highest BCUT2D eigenvalue weighted by Gasteiger charge is 2.45. The van der Waals surface area contributed by atoms with E-state index in [1.807, 2.05) is 32.7 Å². The Kier molecular flexibility index (Phi) is 3.95. The molecule has 2 rings (SSSR count). The lowest BCUT2D eigenvalue weighted by atomic mass is 9.92. The number of piperidine rings is 1. The van der Waals surface area contributed by atoms with E-state index in [2.05, 4.69) is 0 Å². The molecule has 114 valence electrons. The predicted octanol–water partition coefficient (Wildman–Crippen LogP) is 1.40. The first-order valence-electron chi connectivity index (χ1n) is 7.11. The lowest BCUT2D eigenvalue weighted by molar-refractivity contribution is -0.142. The van der Waals surface area contributed by atoms with Crippen LogP contribution in [0.3, 0.4) is 0 Å². The van der Waals surface area contributed by atoms with Crippen molar-refractivity contribution in [2.24, 2.45) is 5.92 Å². The van der Waals surface area contributed by atoms with Crippen molar-refractivity contribution in [1.82, 2.24) is 9.80 Å². The summed E-state index contributed by atoms with van der Waals surface area (Å²) in [6.45, 7) is 6.77. The van der Waals surface area contributed by atoms with Gasteiger partial charge in [-0.2, -0.15) is 0 Å². The fraction of sp³-hybridized carbons (Fsp3) is 0.857. The molecule has 2 heterocycles. The van der Waals surface area contributed by atoms with E-state index in [1.165, 1.54) is 0 Å². The third kappa shape index (κ3) is 3.06. The number of carboxylic acid groups (broad SMARTS) is 1. The Balaban J connectivity index is 1.98. The van der Waals surface area contributed by atoms with Crippen molar-refractivity contribution in [3.05, 3.63) is 0 Å². The second-order valence-corrected chi connectivity index (χ2v) is 6.80. The third-order valence-electron chi connectivity index (χ3n) is 4.17. The summed E-state index contributed by atoms with van der Waals surface area (Å²) in [7, 11) is 1.87. The molecule has 2 aliphatic rings. The largest absolute Gasteiger partial charge is 0.480 e. The molecule has 3 atom stereocenters. The zero-order chi connectivity index (χ0) is 15.1. The van der Waals surface area contributed by atoms with Gasteiger partial charge in [0.1, 0.15) is 11.6 Å². The zero-order valence-corrected chi connectivity index (χ0v) is 12.6. The number of rotatable bonds is 1. The topological polar surface area (TPSA) is 70.1 Å². The summed E-state index contributed by atoms with van der Waals surface area (Å²) >= 11 is 0. The van der Waals surface area contributed by atoms with Crippen LogP contribution in [0.5, 0.6) is 0 Å². The van der Waals surface area contributed by atoms with E-state index in [-0.39, 0.29) is 18.1 Å². The van der Waals surface area contributed by atoms with Crippen molar-refractivity contribution in [2.45, 2.75) is 51.3 Å². The molecular weight excluding hydrogens is 260 g/mol. The van der Waals surface area contributed by atoms with Crippen LogP contribution in [0.1, 0.15) is 33.6 Å². The number of carbonyl (C=O) groups is 2. The monoisotopic (exact) mass is 284 g/mol. The SMILES string of the molecule is CN1C(C(=O)O)CC2CN(C(=O)OC(C)(C)C)CCC21. The first-order valence-corrected chi connectivity index (χ1v) is 7.11. The number of likely N-dealkylation sites (N-methyl/N-ethyl adjacent to an activating group) is 1. The quantitative estimate of drug-likeness (QED) is 0.788. The van der Waals surface area contributed by atoms with Crippen molar-refractivity contribution in [3.63, 3.8) is 0 Å². The number of carbonyl (C=O) groups excluding carboxylic acids is 1. The normalized spacial score (nSPS) is 31.0. The maximum absolute atomic E-state index is 12.1. The Labute approximate surface area is 119 Å². The highest BCUT2D eigenvalue weighted by atomic mass is 16.6. The molecule has 2 saturated heterocycles. The van der Waals surface area contributed by atoms with E-state index in [1.54, 1.807) is 4.90 Å². The minimum Gasteiger partial charge on any atom is -0.480 e. The number of amides is 1. The highest BCUT2D eigenvalue weighted by Crippen LogP contribution is 2.34. The maximum Gasteiger partial charge on any atom is 0.410 e. The molecule has 1 N–H and O–H groups in total. The van der Waals surface area contributed by atoms with Crippen LogP contribution in [-0.2, 0) is 9.53 Å². The Morgan fingerprint density at radius 3 is 2.50 bits per heavy atom. The van der Waals surface area contributed by atoms with Crippen LogP contribution in [0.15, 0.2) is 0 Å². The summed E-state index contributed by atoms with van der Waals surface area (Å²) in [5, 5.41) is 9.21. The van der Waals surface area contributed by atoms with Crippen LogP contribution in [0.4, 0.5) is 4.79 Å².